The summed E-state index contributed by atoms with van der Waals surface area (Å²) in [6.45, 7) is 9.11. The Morgan fingerprint density at radius 3 is 2.19 bits per heavy atom. The molecule has 0 N–H and O–H groups in total. The molecule has 0 amide bonds. The zero-order chi connectivity index (χ0) is 11.8. The third-order valence-corrected chi connectivity index (χ3v) is 3.21. The minimum atomic E-state index is 0.312. The molecule has 16 heavy (non-hydrogen) atoms. The van der Waals surface area contributed by atoms with Gasteiger partial charge in [0.25, 0.3) is 0 Å². The zero-order valence-corrected chi connectivity index (χ0v) is 10.7. The van der Waals surface area contributed by atoms with E-state index in [2.05, 4.69) is 64.1 Å². The van der Waals surface area contributed by atoms with Crippen LogP contribution in [0.1, 0.15) is 39.7 Å². The van der Waals surface area contributed by atoms with E-state index in [9.17, 15) is 0 Å². The van der Waals surface area contributed by atoms with E-state index in [1.165, 1.54) is 22.3 Å². The van der Waals surface area contributed by atoms with E-state index in [4.69, 9.17) is 0 Å². The van der Waals surface area contributed by atoms with Crippen molar-refractivity contribution in [2.75, 3.05) is 0 Å². The number of hydrogen-bond donors (Lipinski definition) is 0. The van der Waals surface area contributed by atoms with Gasteiger partial charge in [-0.25, -0.2) is 0 Å². The molecule has 84 valence electrons. The molecule has 0 spiro atoms. The van der Waals surface area contributed by atoms with Crippen LogP contribution in [-0.2, 0) is 0 Å². The van der Waals surface area contributed by atoms with Gasteiger partial charge in [0.05, 0.1) is 0 Å². The van der Waals surface area contributed by atoms with E-state index in [1.807, 2.05) is 0 Å². The Hall–Kier alpha value is -1.30. The van der Waals surface area contributed by atoms with E-state index in [0.29, 0.717) is 5.41 Å². The predicted molar refractivity (Wildman–Crippen MR) is 71.2 cm³/mol. The molecule has 0 nitrogen and oxygen atoms in total. The van der Waals surface area contributed by atoms with Crippen molar-refractivity contribution in [2.24, 2.45) is 5.41 Å². The average molecular weight is 212 g/mol. The summed E-state index contributed by atoms with van der Waals surface area (Å²) in [6.07, 6.45) is 3.57. The number of rotatable bonds is 1. The fourth-order valence-corrected chi connectivity index (χ4v) is 2.90. The van der Waals surface area contributed by atoms with Gasteiger partial charge in [0, 0.05) is 0 Å². The highest BCUT2D eigenvalue weighted by Gasteiger charge is 2.23. The average Bonchev–Trinajstić information content (AvgIpc) is 2.16. The molecule has 2 rings (SSSR count). The highest BCUT2D eigenvalue weighted by Crippen LogP contribution is 2.40. The Balaban J connectivity index is 2.47. The molecule has 0 radical (unpaired) electrons. The molecule has 1 aliphatic carbocycles. The van der Waals surface area contributed by atoms with Crippen LogP contribution in [0, 0.1) is 5.41 Å². The molecule has 0 aromatic heterocycles. The number of allylic oxidation sites excluding steroid dienone is 4. The SMILES string of the molecule is CC1=CC(C)(C)CC(C)=C1c1ccccc1. The van der Waals surface area contributed by atoms with Crippen LogP contribution in [0.25, 0.3) is 5.57 Å². The van der Waals surface area contributed by atoms with Gasteiger partial charge in [0.2, 0.25) is 0 Å². The summed E-state index contributed by atoms with van der Waals surface area (Å²) >= 11 is 0. The van der Waals surface area contributed by atoms with Gasteiger partial charge >= 0.3 is 0 Å². The maximum Gasteiger partial charge on any atom is -0.0132 e. The lowest BCUT2D eigenvalue weighted by atomic mass is 9.75. The zero-order valence-electron chi connectivity index (χ0n) is 10.7. The second-order valence-corrected chi connectivity index (χ2v) is 5.51. The largest absolute Gasteiger partial charge is 0.0750 e. The number of benzene rings is 1. The van der Waals surface area contributed by atoms with Crippen LogP contribution in [0.3, 0.4) is 0 Å². The first-order valence-corrected chi connectivity index (χ1v) is 5.95. The first-order chi connectivity index (χ1) is 7.49. The molecule has 0 aliphatic heterocycles. The normalized spacial score (nSPS) is 19.6. The van der Waals surface area contributed by atoms with Crippen LogP contribution in [0.5, 0.6) is 0 Å². The van der Waals surface area contributed by atoms with E-state index in [0.717, 1.165) is 6.42 Å². The minimum absolute atomic E-state index is 0.312. The quantitative estimate of drug-likeness (QED) is 0.625. The molecular weight excluding hydrogens is 192 g/mol. The lowest BCUT2D eigenvalue weighted by molar-refractivity contribution is 0.468. The van der Waals surface area contributed by atoms with Crippen molar-refractivity contribution >= 4 is 5.57 Å². The minimum Gasteiger partial charge on any atom is -0.0750 e. The van der Waals surface area contributed by atoms with Crippen molar-refractivity contribution in [2.45, 2.75) is 34.1 Å². The van der Waals surface area contributed by atoms with Crippen LogP contribution in [0.4, 0.5) is 0 Å². The van der Waals surface area contributed by atoms with E-state index >= 15 is 0 Å². The summed E-state index contributed by atoms with van der Waals surface area (Å²) in [5.74, 6) is 0. The standard InChI is InChI=1S/C16H20/c1-12-10-16(3,4)11-13(2)15(12)14-8-6-5-7-9-14/h5-10H,11H2,1-4H3. The second kappa shape index (κ2) is 3.93. The van der Waals surface area contributed by atoms with Gasteiger partial charge in [0.1, 0.15) is 0 Å². The highest BCUT2D eigenvalue weighted by molar-refractivity contribution is 5.81. The first kappa shape index (κ1) is 11.2. The fraction of sp³-hybridized carbons (Fsp3) is 0.375. The van der Waals surface area contributed by atoms with Crippen LogP contribution in [-0.4, -0.2) is 0 Å². The Morgan fingerprint density at radius 2 is 1.62 bits per heavy atom. The van der Waals surface area contributed by atoms with Crippen molar-refractivity contribution in [3.63, 3.8) is 0 Å². The third-order valence-electron chi connectivity index (χ3n) is 3.21. The van der Waals surface area contributed by atoms with Gasteiger partial charge in [-0.15, -0.1) is 0 Å². The van der Waals surface area contributed by atoms with Crippen molar-refractivity contribution in [1.82, 2.24) is 0 Å². The Bertz CT molecular complexity index is 444. The molecule has 0 saturated heterocycles. The van der Waals surface area contributed by atoms with E-state index in [1.54, 1.807) is 0 Å². The first-order valence-electron chi connectivity index (χ1n) is 5.95. The van der Waals surface area contributed by atoms with Crippen LogP contribution in [0.2, 0.25) is 0 Å². The van der Waals surface area contributed by atoms with Crippen molar-refractivity contribution in [1.29, 1.82) is 0 Å². The smallest absolute Gasteiger partial charge is 0.0132 e. The molecule has 0 fully saturated rings. The van der Waals surface area contributed by atoms with Crippen LogP contribution < -0.4 is 0 Å². The lowest BCUT2D eigenvalue weighted by Crippen LogP contribution is -2.14. The molecule has 1 aromatic rings. The van der Waals surface area contributed by atoms with Crippen LogP contribution in [0.15, 0.2) is 47.6 Å². The fourth-order valence-electron chi connectivity index (χ4n) is 2.90. The van der Waals surface area contributed by atoms with Gasteiger partial charge in [-0.1, -0.05) is 55.8 Å². The number of hydrogen-bond acceptors (Lipinski definition) is 0. The molecule has 0 atom stereocenters. The van der Waals surface area contributed by atoms with E-state index in [-0.39, 0.29) is 0 Å². The maximum atomic E-state index is 2.41. The maximum absolute atomic E-state index is 2.41. The molecule has 0 heterocycles. The molecule has 1 aromatic carbocycles. The molecule has 1 aliphatic rings. The van der Waals surface area contributed by atoms with Crippen molar-refractivity contribution < 1.29 is 0 Å². The van der Waals surface area contributed by atoms with E-state index < -0.39 is 0 Å². The molecule has 0 unspecified atom stereocenters. The lowest BCUT2D eigenvalue weighted by Gasteiger charge is -2.30. The monoisotopic (exact) mass is 212 g/mol. The Labute approximate surface area is 98.7 Å². The topological polar surface area (TPSA) is 0 Å². The summed E-state index contributed by atoms with van der Waals surface area (Å²) < 4.78 is 0. The van der Waals surface area contributed by atoms with Crippen molar-refractivity contribution in [3.8, 4) is 0 Å². The van der Waals surface area contributed by atoms with Gasteiger partial charge < -0.3 is 0 Å². The second-order valence-electron chi connectivity index (χ2n) is 5.51. The molecule has 0 heteroatoms. The highest BCUT2D eigenvalue weighted by atomic mass is 14.3. The van der Waals surface area contributed by atoms with Gasteiger partial charge in [-0.3, -0.25) is 0 Å². The Morgan fingerprint density at radius 1 is 1.00 bits per heavy atom. The summed E-state index contributed by atoms with van der Waals surface area (Å²) in [4.78, 5) is 0. The molecule has 0 saturated carbocycles. The molecular formula is C16H20. The van der Waals surface area contributed by atoms with Gasteiger partial charge in [0.15, 0.2) is 0 Å². The Kier molecular flexibility index (Phi) is 2.75. The van der Waals surface area contributed by atoms with Gasteiger partial charge in [-0.05, 0) is 42.4 Å². The summed E-state index contributed by atoms with van der Waals surface area (Å²) in [5.41, 5.74) is 6.03. The third kappa shape index (κ3) is 2.11. The summed E-state index contributed by atoms with van der Waals surface area (Å²) in [5, 5.41) is 0. The summed E-state index contributed by atoms with van der Waals surface area (Å²) in [6, 6.07) is 10.7. The van der Waals surface area contributed by atoms with Crippen molar-refractivity contribution in [3.05, 3.63) is 53.1 Å². The van der Waals surface area contributed by atoms with Gasteiger partial charge in [-0.2, -0.15) is 0 Å². The summed E-state index contributed by atoms with van der Waals surface area (Å²) in [7, 11) is 0. The molecule has 0 bridgehead atoms. The predicted octanol–water partition coefficient (Wildman–Crippen LogP) is 4.84. The van der Waals surface area contributed by atoms with Crippen LogP contribution >= 0.6 is 0 Å².